The summed E-state index contributed by atoms with van der Waals surface area (Å²) in [6.45, 7) is 16.6. The maximum atomic E-state index is 13.0. The van der Waals surface area contributed by atoms with Gasteiger partial charge in [0.05, 0.1) is 36.9 Å². The number of benzene rings is 4. The third-order valence-electron chi connectivity index (χ3n) is 13.9. The van der Waals surface area contributed by atoms with Gasteiger partial charge < -0.3 is 39.1 Å². The van der Waals surface area contributed by atoms with Gasteiger partial charge in [-0.25, -0.2) is 4.79 Å². The molecule has 0 radical (unpaired) electrons. The standard InChI is InChI=1S/C53H69N5O7Si/c1-53(2,3)66(5,6)65-48(44-19-21-47(59)51-45(44)20-22-49(60)56-51)34-54-26-28-57(4)50(61)25-30-63-29-24-38-14-12-13-37(31-38)23-27-58-35-40-32-42(33-41(40)36-58)64-52(62)55-46-18-11-10-17-43(46)39-15-8-7-9-16-39/h7-22,31,40-42,48,54,59H,23-30,32-36H2,1-6H3,(H,55,62)(H,56,60)/t40-,41+,42?,48-/m0/s1. The molecule has 1 aliphatic carbocycles. The molecular weight excluding hydrogens is 847 g/mol. The van der Waals surface area contributed by atoms with Gasteiger partial charge in [-0.05, 0) is 96.1 Å². The summed E-state index contributed by atoms with van der Waals surface area (Å²) in [5, 5.41) is 17.7. The molecule has 12 nitrogen and oxygen atoms in total. The van der Waals surface area contributed by atoms with Crippen molar-refractivity contribution in [2.24, 2.45) is 11.8 Å². The number of phenols is 1. The van der Waals surface area contributed by atoms with Crippen molar-refractivity contribution in [2.75, 3.05) is 64.8 Å². The highest BCUT2D eigenvalue weighted by Crippen LogP contribution is 2.42. The number of rotatable bonds is 20. The summed E-state index contributed by atoms with van der Waals surface area (Å²) in [6, 6.07) is 33.3. The highest BCUT2D eigenvalue weighted by Gasteiger charge is 2.42. The van der Waals surface area contributed by atoms with Gasteiger partial charge in [-0.2, -0.15) is 0 Å². The number of para-hydroxylation sites is 1. The number of aromatic amines is 1. The van der Waals surface area contributed by atoms with Crippen LogP contribution in [0, 0.1) is 11.8 Å². The number of likely N-dealkylation sites (tertiary alicyclic amines) is 1. The Hall–Kier alpha value is -5.31. The zero-order chi connectivity index (χ0) is 46.8. The molecule has 1 saturated carbocycles. The molecule has 0 bridgehead atoms. The van der Waals surface area contributed by atoms with Crippen molar-refractivity contribution < 1.29 is 28.6 Å². The van der Waals surface area contributed by atoms with E-state index in [4.69, 9.17) is 13.9 Å². The van der Waals surface area contributed by atoms with Crippen molar-refractivity contribution in [3.05, 3.63) is 130 Å². The van der Waals surface area contributed by atoms with E-state index in [1.54, 1.807) is 17.0 Å². The fourth-order valence-corrected chi connectivity index (χ4v) is 10.4. The second-order valence-corrected chi connectivity index (χ2v) is 24.4. The van der Waals surface area contributed by atoms with Crippen LogP contribution in [0.25, 0.3) is 22.0 Å². The minimum atomic E-state index is -2.21. The maximum absolute atomic E-state index is 13.0. The Bertz CT molecular complexity index is 2460. The van der Waals surface area contributed by atoms with Crippen LogP contribution in [-0.2, 0) is 31.5 Å². The smallest absolute Gasteiger partial charge is 0.411 e. The molecule has 2 fully saturated rings. The van der Waals surface area contributed by atoms with Crippen LogP contribution in [0.4, 0.5) is 10.5 Å². The maximum Gasteiger partial charge on any atom is 0.411 e. The first-order chi connectivity index (χ1) is 31.6. The van der Waals surface area contributed by atoms with Crippen LogP contribution in [-0.4, -0.2) is 106 Å². The molecule has 2 heterocycles. The van der Waals surface area contributed by atoms with Crippen molar-refractivity contribution in [1.82, 2.24) is 20.1 Å². The number of ether oxygens (including phenoxy) is 2. The number of aromatic hydroxyl groups is 1. The van der Waals surface area contributed by atoms with Gasteiger partial charge in [0.2, 0.25) is 11.5 Å². The Labute approximate surface area is 391 Å². The van der Waals surface area contributed by atoms with E-state index in [0.717, 1.165) is 73.1 Å². The first-order valence-corrected chi connectivity index (χ1v) is 26.5. The fraction of sp³-hybridized carbons (Fsp3) is 0.453. The van der Waals surface area contributed by atoms with Crippen LogP contribution in [0.2, 0.25) is 18.1 Å². The number of aromatic nitrogens is 1. The predicted octanol–water partition coefficient (Wildman–Crippen LogP) is 9.16. The van der Waals surface area contributed by atoms with Crippen LogP contribution < -0.4 is 16.2 Å². The van der Waals surface area contributed by atoms with Crippen LogP contribution in [0.3, 0.4) is 0 Å². The summed E-state index contributed by atoms with van der Waals surface area (Å²) in [5.74, 6) is 1.14. The first kappa shape index (κ1) is 48.6. The second-order valence-electron chi connectivity index (χ2n) is 19.7. The molecule has 4 N–H and O–H groups in total. The molecule has 7 rings (SSSR count). The number of carbonyl (C=O) groups excluding carboxylic acids is 2. The molecule has 66 heavy (non-hydrogen) atoms. The van der Waals surface area contributed by atoms with Gasteiger partial charge in [-0.15, -0.1) is 0 Å². The number of nitrogens with one attached hydrogen (secondary N) is 3. The van der Waals surface area contributed by atoms with E-state index in [9.17, 15) is 19.5 Å². The van der Waals surface area contributed by atoms with E-state index in [1.165, 1.54) is 17.2 Å². The highest BCUT2D eigenvalue weighted by atomic mass is 28.4. The lowest BCUT2D eigenvalue weighted by atomic mass is 10.0. The summed E-state index contributed by atoms with van der Waals surface area (Å²) in [5.41, 5.74) is 6.34. The Balaban J connectivity index is 0.779. The molecule has 4 atom stereocenters. The largest absolute Gasteiger partial charge is 0.506 e. The molecular formula is C53H69N5O7Si. The molecule has 0 spiro atoms. The number of fused-ring (bicyclic) bond motifs is 2. The minimum absolute atomic E-state index is 0.0187. The third-order valence-corrected chi connectivity index (χ3v) is 18.4. The fourth-order valence-electron chi connectivity index (χ4n) is 9.13. The molecule has 1 aromatic heterocycles. The van der Waals surface area contributed by atoms with Crippen molar-refractivity contribution in [3.63, 3.8) is 0 Å². The zero-order valence-electron chi connectivity index (χ0n) is 39.6. The molecule has 352 valence electrons. The van der Waals surface area contributed by atoms with E-state index in [-0.39, 0.29) is 40.6 Å². The van der Waals surface area contributed by atoms with Crippen LogP contribution in [0.5, 0.6) is 5.75 Å². The third kappa shape index (κ3) is 12.8. The molecule has 2 amide bonds. The minimum Gasteiger partial charge on any atom is -0.506 e. The van der Waals surface area contributed by atoms with Gasteiger partial charge in [0.1, 0.15) is 11.9 Å². The van der Waals surface area contributed by atoms with E-state index < -0.39 is 8.32 Å². The van der Waals surface area contributed by atoms with Gasteiger partial charge in [0.15, 0.2) is 8.32 Å². The van der Waals surface area contributed by atoms with Gasteiger partial charge in [0.25, 0.3) is 0 Å². The Morgan fingerprint density at radius 2 is 1.61 bits per heavy atom. The number of anilines is 1. The quantitative estimate of drug-likeness (QED) is 0.0444. The summed E-state index contributed by atoms with van der Waals surface area (Å²) in [6.07, 6.45) is 3.13. The lowest BCUT2D eigenvalue weighted by Crippen LogP contribution is -2.44. The van der Waals surface area contributed by atoms with E-state index in [1.807, 2.05) is 67.7 Å². The molecule has 4 aromatic carbocycles. The highest BCUT2D eigenvalue weighted by molar-refractivity contribution is 6.74. The Kier molecular flexibility index (Phi) is 16.2. The van der Waals surface area contributed by atoms with Crippen molar-refractivity contribution in [3.8, 4) is 16.9 Å². The lowest BCUT2D eigenvalue weighted by molar-refractivity contribution is -0.131. The molecule has 13 heteroatoms. The van der Waals surface area contributed by atoms with Crippen LogP contribution >= 0.6 is 0 Å². The molecule has 5 aromatic rings. The molecule has 1 unspecified atom stereocenters. The summed E-state index contributed by atoms with van der Waals surface area (Å²) >= 11 is 0. The SMILES string of the molecule is CN(CCNC[C@H](O[Si](C)(C)C(C)(C)C)c1ccc(O)c2[nH]c(=O)ccc12)C(=O)CCOCCc1cccc(CCN2C[C@H]3CC(OC(=O)Nc4ccccc4-c4ccccc4)C[C@H]3C2)c1. The Morgan fingerprint density at radius 3 is 2.35 bits per heavy atom. The van der Waals surface area contributed by atoms with Gasteiger partial charge in [-0.3, -0.25) is 14.9 Å². The summed E-state index contributed by atoms with van der Waals surface area (Å²) in [7, 11) is -0.392. The molecule has 1 saturated heterocycles. The monoisotopic (exact) mass is 915 g/mol. The van der Waals surface area contributed by atoms with Crippen molar-refractivity contribution in [1.29, 1.82) is 0 Å². The normalized spacial score (nSPS) is 18.0. The number of pyridine rings is 1. The number of hydrogen-bond donors (Lipinski definition) is 4. The van der Waals surface area contributed by atoms with Crippen molar-refractivity contribution >= 4 is 36.9 Å². The topological polar surface area (TPSA) is 145 Å². The van der Waals surface area contributed by atoms with Gasteiger partial charge in [0, 0.05) is 63.3 Å². The first-order valence-electron chi connectivity index (χ1n) is 23.6. The van der Waals surface area contributed by atoms with E-state index in [0.29, 0.717) is 56.6 Å². The lowest BCUT2D eigenvalue weighted by Gasteiger charge is -2.39. The van der Waals surface area contributed by atoms with E-state index in [2.05, 4.69) is 78.6 Å². The van der Waals surface area contributed by atoms with Crippen molar-refractivity contribution in [2.45, 2.75) is 83.2 Å². The number of nitrogens with zero attached hydrogens (tertiary/aromatic N) is 2. The molecule has 1 aliphatic heterocycles. The predicted molar refractivity (Wildman–Crippen MR) is 265 cm³/mol. The van der Waals surface area contributed by atoms with Gasteiger partial charge in [-0.1, -0.05) is 99.6 Å². The summed E-state index contributed by atoms with van der Waals surface area (Å²) < 4.78 is 18.8. The zero-order valence-corrected chi connectivity index (χ0v) is 40.6. The van der Waals surface area contributed by atoms with Crippen LogP contribution in [0.15, 0.2) is 108 Å². The average molecular weight is 916 g/mol. The molecule has 2 aliphatic rings. The average Bonchev–Trinajstić information content (AvgIpc) is 3.85. The number of carbonyl (C=O) groups is 2. The number of H-pyrrole nitrogens is 1. The number of phenolic OH excluding ortho intramolecular Hbond substituents is 1. The number of amides is 2. The number of likely N-dealkylation sites (N-methyl/N-ethyl adjacent to an activating group) is 1. The Morgan fingerprint density at radius 1 is 0.894 bits per heavy atom. The number of hydrogen-bond acceptors (Lipinski definition) is 9. The van der Waals surface area contributed by atoms with E-state index >= 15 is 0 Å². The second kappa shape index (κ2) is 22.0. The van der Waals surface area contributed by atoms with Crippen LogP contribution in [0.1, 0.15) is 62.8 Å². The van der Waals surface area contributed by atoms with Gasteiger partial charge >= 0.3 is 6.09 Å². The summed E-state index contributed by atoms with van der Waals surface area (Å²) in [4.78, 5) is 45.1.